The number of aryl methyl sites for hydroxylation is 1. The number of nitrogens with one attached hydrogen (secondary N) is 1. The molecule has 0 atom stereocenters. The van der Waals surface area contributed by atoms with Crippen LogP contribution in [0.2, 0.25) is 0 Å². The minimum atomic E-state index is 0.249. The summed E-state index contributed by atoms with van der Waals surface area (Å²) < 4.78 is 5.42. The Balaban J connectivity index is 1.96. The van der Waals surface area contributed by atoms with Crippen LogP contribution in [0.25, 0.3) is 0 Å². The van der Waals surface area contributed by atoms with Crippen molar-refractivity contribution in [2.45, 2.75) is 45.2 Å². The predicted octanol–water partition coefficient (Wildman–Crippen LogP) is 2.91. The molecular weight excluding hydrogens is 210 g/mol. The van der Waals surface area contributed by atoms with Crippen LogP contribution in [0.4, 0.5) is 0 Å². The molecule has 1 aliphatic rings. The molecule has 1 aliphatic heterocycles. The van der Waals surface area contributed by atoms with Crippen molar-refractivity contribution in [3.63, 3.8) is 0 Å². The molecule has 2 heteroatoms. The Morgan fingerprint density at radius 3 is 2.47 bits per heavy atom. The Bertz CT molecular complexity index is 356. The largest absolute Gasteiger partial charge is 0.381 e. The van der Waals surface area contributed by atoms with E-state index in [1.165, 1.54) is 11.1 Å². The molecule has 1 saturated heterocycles. The highest BCUT2D eigenvalue weighted by Gasteiger charge is 2.26. The molecule has 0 radical (unpaired) electrons. The smallest absolute Gasteiger partial charge is 0.0483 e. The van der Waals surface area contributed by atoms with Gasteiger partial charge in [0, 0.05) is 25.3 Å². The molecule has 0 bridgehead atoms. The summed E-state index contributed by atoms with van der Waals surface area (Å²) in [5.74, 6) is 0. The van der Waals surface area contributed by atoms with Gasteiger partial charge in [0.15, 0.2) is 0 Å². The Morgan fingerprint density at radius 1 is 1.18 bits per heavy atom. The fraction of sp³-hybridized carbons (Fsp3) is 0.600. The van der Waals surface area contributed by atoms with Crippen molar-refractivity contribution >= 4 is 0 Å². The molecule has 17 heavy (non-hydrogen) atoms. The topological polar surface area (TPSA) is 21.3 Å². The maximum atomic E-state index is 5.42. The zero-order valence-electron chi connectivity index (χ0n) is 11.0. The molecule has 0 aliphatic carbocycles. The molecule has 2 nitrogen and oxygen atoms in total. The first kappa shape index (κ1) is 12.6. The number of hydrogen-bond acceptors (Lipinski definition) is 2. The molecule has 0 amide bonds. The third kappa shape index (κ3) is 3.30. The predicted molar refractivity (Wildman–Crippen MR) is 71.1 cm³/mol. The lowest BCUT2D eigenvalue weighted by molar-refractivity contribution is 0.0446. The van der Waals surface area contributed by atoms with Gasteiger partial charge >= 0.3 is 0 Å². The molecule has 1 heterocycles. The van der Waals surface area contributed by atoms with Gasteiger partial charge in [-0.15, -0.1) is 0 Å². The molecule has 0 unspecified atom stereocenters. The maximum absolute atomic E-state index is 5.42. The van der Waals surface area contributed by atoms with E-state index in [0.717, 1.165) is 39.0 Å². The zero-order chi connectivity index (χ0) is 12.1. The van der Waals surface area contributed by atoms with Gasteiger partial charge in [-0.05, 0) is 37.3 Å². The van der Waals surface area contributed by atoms with Crippen molar-refractivity contribution < 1.29 is 4.74 Å². The highest BCUT2D eigenvalue weighted by Crippen LogP contribution is 2.21. The highest BCUT2D eigenvalue weighted by atomic mass is 16.5. The minimum Gasteiger partial charge on any atom is -0.381 e. The minimum absolute atomic E-state index is 0.249. The van der Waals surface area contributed by atoms with Crippen molar-refractivity contribution in [2.24, 2.45) is 0 Å². The first-order valence-corrected chi connectivity index (χ1v) is 6.63. The molecule has 94 valence electrons. The van der Waals surface area contributed by atoms with Gasteiger partial charge in [-0.2, -0.15) is 0 Å². The molecule has 1 aromatic rings. The van der Waals surface area contributed by atoms with Gasteiger partial charge in [-0.1, -0.05) is 31.2 Å². The van der Waals surface area contributed by atoms with Gasteiger partial charge in [0.2, 0.25) is 0 Å². The zero-order valence-corrected chi connectivity index (χ0v) is 11.0. The van der Waals surface area contributed by atoms with E-state index in [1.807, 2.05) is 0 Å². The summed E-state index contributed by atoms with van der Waals surface area (Å²) >= 11 is 0. The molecule has 0 spiro atoms. The van der Waals surface area contributed by atoms with Crippen molar-refractivity contribution in [1.29, 1.82) is 0 Å². The van der Waals surface area contributed by atoms with Crippen molar-refractivity contribution in [3.05, 3.63) is 35.4 Å². The van der Waals surface area contributed by atoms with E-state index in [1.54, 1.807) is 0 Å². The van der Waals surface area contributed by atoms with Crippen LogP contribution in [0.3, 0.4) is 0 Å². The van der Waals surface area contributed by atoms with E-state index >= 15 is 0 Å². The second kappa shape index (κ2) is 5.65. The first-order valence-electron chi connectivity index (χ1n) is 6.63. The van der Waals surface area contributed by atoms with Crippen LogP contribution in [0.15, 0.2) is 24.3 Å². The third-order valence-corrected chi connectivity index (χ3v) is 3.80. The average Bonchev–Trinajstić information content (AvgIpc) is 2.38. The van der Waals surface area contributed by atoms with Crippen molar-refractivity contribution in [1.82, 2.24) is 5.32 Å². The normalized spacial score (nSPS) is 19.2. The molecule has 1 fully saturated rings. The van der Waals surface area contributed by atoms with Crippen LogP contribution in [-0.4, -0.2) is 18.8 Å². The fourth-order valence-electron chi connectivity index (χ4n) is 2.38. The molecule has 1 aromatic carbocycles. The summed E-state index contributed by atoms with van der Waals surface area (Å²) in [5.41, 5.74) is 3.14. The summed E-state index contributed by atoms with van der Waals surface area (Å²) in [6.07, 6.45) is 3.33. The lowest BCUT2D eigenvalue weighted by atomic mass is 9.92. The van der Waals surface area contributed by atoms with E-state index < -0.39 is 0 Å². The monoisotopic (exact) mass is 233 g/mol. The van der Waals surface area contributed by atoms with E-state index in [2.05, 4.69) is 43.4 Å². The Morgan fingerprint density at radius 2 is 1.82 bits per heavy atom. The summed E-state index contributed by atoms with van der Waals surface area (Å²) in [4.78, 5) is 0. The molecule has 0 saturated carbocycles. The van der Waals surface area contributed by atoms with Gasteiger partial charge in [0.05, 0.1) is 0 Å². The SMILES string of the molecule is CCc1ccccc1CNC1(C)CCOCC1. The van der Waals surface area contributed by atoms with E-state index in [4.69, 9.17) is 4.74 Å². The van der Waals surface area contributed by atoms with Crippen molar-refractivity contribution in [3.8, 4) is 0 Å². The summed E-state index contributed by atoms with van der Waals surface area (Å²) in [6.45, 7) is 7.28. The van der Waals surface area contributed by atoms with Crippen LogP contribution >= 0.6 is 0 Å². The fourth-order valence-corrected chi connectivity index (χ4v) is 2.38. The standard InChI is InChI=1S/C15H23NO/c1-3-13-6-4-5-7-14(13)12-16-15(2)8-10-17-11-9-15/h4-7,16H,3,8-12H2,1-2H3. The summed E-state index contributed by atoms with van der Waals surface area (Å²) in [6, 6.07) is 8.71. The second-order valence-electron chi connectivity index (χ2n) is 5.15. The highest BCUT2D eigenvalue weighted by molar-refractivity contribution is 5.27. The quantitative estimate of drug-likeness (QED) is 0.863. The van der Waals surface area contributed by atoms with Crippen LogP contribution in [0, 0.1) is 0 Å². The number of hydrogen-bond donors (Lipinski definition) is 1. The van der Waals surface area contributed by atoms with Crippen LogP contribution < -0.4 is 5.32 Å². The van der Waals surface area contributed by atoms with Gasteiger partial charge in [-0.25, -0.2) is 0 Å². The van der Waals surface area contributed by atoms with E-state index in [-0.39, 0.29) is 5.54 Å². The summed E-state index contributed by atoms with van der Waals surface area (Å²) in [7, 11) is 0. The van der Waals surface area contributed by atoms with Crippen LogP contribution in [-0.2, 0) is 17.7 Å². The van der Waals surface area contributed by atoms with Crippen LogP contribution in [0.1, 0.15) is 37.8 Å². The molecule has 0 aromatic heterocycles. The Labute approximate surface area is 104 Å². The van der Waals surface area contributed by atoms with Crippen molar-refractivity contribution in [2.75, 3.05) is 13.2 Å². The summed E-state index contributed by atoms with van der Waals surface area (Å²) in [5, 5.41) is 3.71. The lowest BCUT2D eigenvalue weighted by Crippen LogP contribution is -2.46. The van der Waals surface area contributed by atoms with Gasteiger partial charge in [0.1, 0.15) is 0 Å². The molecular formula is C15H23NO. The van der Waals surface area contributed by atoms with Gasteiger partial charge in [0.25, 0.3) is 0 Å². The number of ether oxygens (including phenoxy) is 1. The number of rotatable bonds is 4. The lowest BCUT2D eigenvalue weighted by Gasteiger charge is -2.35. The number of benzene rings is 1. The second-order valence-corrected chi connectivity index (χ2v) is 5.15. The maximum Gasteiger partial charge on any atom is 0.0483 e. The first-order chi connectivity index (χ1) is 8.23. The average molecular weight is 233 g/mol. The van der Waals surface area contributed by atoms with Gasteiger partial charge < -0.3 is 10.1 Å². The van der Waals surface area contributed by atoms with E-state index in [9.17, 15) is 0 Å². The molecule has 2 rings (SSSR count). The third-order valence-electron chi connectivity index (χ3n) is 3.80. The Kier molecular flexibility index (Phi) is 4.19. The Hall–Kier alpha value is -0.860. The molecule has 1 N–H and O–H groups in total. The van der Waals surface area contributed by atoms with Gasteiger partial charge in [-0.3, -0.25) is 0 Å². The van der Waals surface area contributed by atoms with Crippen LogP contribution in [0.5, 0.6) is 0 Å². The van der Waals surface area contributed by atoms with E-state index in [0.29, 0.717) is 0 Å².